The van der Waals surface area contributed by atoms with Crippen LogP contribution in [-0.2, 0) is 13.6 Å². The van der Waals surface area contributed by atoms with E-state index < -0.39 is 0 Å². The second-order valence-corrected chi connectivity index (χ2v) is 5.07. The van der Waals surface area contributed by atoms with Crippen LogP contribution in [0.3, 0.4) is 0 Å². The lowest BCUT2D eigenvalue weighted by molar-refractivity contribution is 0.549. The lowest BCUT2D eigenvalue weighted by Crippen LogP contribution is -2.19. The van der Waals surface area contributed by atoms with Crippen molar-refractivity contribution in [3.63, 3.8) is 0 Å². The van der Waals surface area contributed by atoms with Crippen molar-refractivity contribution in [3.8, 4) is 5.69 Å². The molecule has 98 valence electrons. The molecule has 0 bridgehead atoms. The van der Waals surface area contributed by atoms with Gasteiger partial charge in [-0.25, -0.2) is 4.98 Å². The monoisotopic (exact) mass is 247 g/mol. The summed E-state index contributed by atoms with van der Waals surface area (Å²) in [7, 11) is 1.93. The number of nitrogens with one attached hydrogen (secondary N) is 1. The fourth-order valence-electron chi connectivity index (χ4n) is 1.92. The van der Waals surface area contributed by atoms with Gasteiger partial charge in [-0.1, -0.05) is 13.8 Å². The van der Waals surface area contributed by atoms with E-state index in [1.807, 2.05) is 35.7 Å². The van der Waals surface area contributed by atoms with Gasteiger partial charge in [0.15, 0.2) is 0 Å². The first-order valence-corrected chi connectivity index (χ1v) is 6.30. The summed E-state index contributed by atoms with van der Waals surface area (Å²) in [6, 6.07) is 0. The van der Waals surface area contributed by atoms with E-state index in [2.05, 4.69) is 35.4 Å². The average Bonchev–Trinajstić information content (AvgIpc) is 2.85. The summed E-state index contributed by atoms with van der Waals surface area (Å²) in [4.78, 5) is 4.40. The van der Waals surface area contributed by atoms with Crippen molar-refractivity contribution in [2.24, 2.45) is 13.0 Å². The molecule has 0 saturated heterocycles. The second-order valence-electron chi connectivity index (χ2n) is 5.07. The molecule has 0 aliphatic heterocycles. The summed E-state index contributed by atoms with van der Waals surface area (Å²) in [6.45, 7) is 8.23. The predicted molar refractivity (Wildman–Crippen MR) is 71.6 cm³/mol. The van der Waals surface area contributed by atoms with Crippen molar-refractivity contribution < 1.29 is 0 Å². The Hall–Kier alpha value is -1.62. The highest BCUT2D eigenvalue weighted by Crippen LogP contribution is 2.12. The molecule has 5 nitrogen and oxygen atoms in total. The molecule has 5 heteroatoms. The topological polar surface area (TPSA) is 47.7 Å². The number of nitrogens with zero attached hydrogens (tertiary/aromatic N) is 4. The first-order valence-electron chi connectivity index (χ1n) is 6.30. The molecule has 1 N–H and O–H groups in total. The molecule has 0 unspecified atom stereocenters. The molecule has 2 heterocycles. The van der Waals surface area contributed by atoms with Gasteiger partial charge in [-0.3, -0.25) is 4.68 Å². The van der Waals surface area contributed by atoms with Gasteiger partial charge in [0.1, 0.15) is 0 Å². The SMILES string of the molecule is Cc1nn(C)cc1-n1cnc(CNCC(C)C)c1. The molecular formula is C13H21N5. The fourth-order valence-corrected chi connectivity index (χ4v) is 1.92. The van der Waals surface area contributed by atoms with E-state index in [1.165, 1.54) is 0 Å². The smallest absolute Gasteiger partial charge is 0.0996 e. The highest BCUT2D eigenvalue weighted by molar-refractivity contribution is 5.34. The van der Waals surface area contributed by atoms with E-state index in [0.717, 1.165) is 30.2 Å². The van der Waals surface area contributed by atoms with E-state index in [4.69, 9.17) is 0 Å². The molecule has 2 rings (SSSR count). The van der Waals surface area contributed by atoms with E-state index >= 15 is 0 Å². The normalized spacial score (nSPS) is 11.4. The fraction of sp³-hybridized carbons (Fsp3) is 0.538. The Bertz CT molecular complexity index is 509. The zero-order valence-corrected chi connectivity index (χ0v) is 11.5. The van der Waals surface area contributed by atoms with Crippen molar-refractivity contribution in [1.82, 2.24) is 24.6 Å². The minimum Gasteiger partial charge on any atom is -0.311 e. The minimum atomic E-state index is 0.660. The van der Waals surface area contributed by atoms with Crippen LogP contribution in [-0.4, -0.2) is 25.9 Å². The van der Waals surface area contributed by atoms with Gasteiger partial charge in [0.2, 0.25) is 0 Å². The Morgan fingerprint density at radius 3 is 2.72 bits per heavy atom. The Labute approximate surface area is 108 Å². The van der Waals surface area contributed by atoms with Gasteiger partial charge < -0.3 is 9.88 Å². The average molecular weight is 247 g/mol. The van der Waals surface area contributed by atoms with Crippen LogP contribution in [0.2, 0.25) is 0 Å². The first kappa shape index (κ1) is 12.8. The van der Waals surface area contributed by atoms with Crippen molar-refractivity contribution in [2.75, 3.05) is 6.54 Å². The van der Waals surface area contributed by atoms with Gasteiger partial charge in [-0.2, -0.15) is 5.10 Å². The molecule has 0 atom stereocenters. The largest absolute Gasteiger partial charge is 0.311 e. The Morgan fingerprint density at radius 1 is 1.33 bits per heavy atom. The van der Waals surface area contributed by atoms with Crippen LogP contribution in [0.5, 0.6) is 0 Å². The van der Waals surface area contributed by atoms with Gasteiger partial charge in [-0.15, -0.1) is 0 Å². The van der Waals surface area contributed by atoms with Crippen molar-refractivity contribution in [1.29, 1.82) is 0 Å². The predicted octanol–water partition coefficient (Wildman–Crippen LogP) is 1.66. The van der Waals surface area contributed by atoms with E-state index in [0.29, 0.717) is 5.92 Å². The molecule has 0 aliphatic carbocycles. The first-order chi connectivity index (χ1) is 8.56. The summed E-state index contributed by atoms with van der Waals surface area (Å²) in [5.74, 6) is 0.660. The summed E-state index contributed by atoms with van der Waals surface area (Å²) in [6.07, 6.45) is 5.90. The molecule has 0 spiro atoms. The number of hydrogen-bond donors (Lipinski definition) is 1. The highest BCUT2D eigenvalue weighted by Gasteiger charge is 2.06. The van der Waals surface area contributed by atoms with Crippen molar-refractivity contribution >= 4 is 0 Å². The van der Waals surface area contributed by atoms with Crippen LogP contribution in [0.25, 0.3) is 5.69 Å². The van der Waals surface area contributed by atoms with Crippen LogP contribution in [0.4, 0.5) is 0 Å². The third-order valence-electron chi connectivity index (χ3n) is 2.76. The number of aryl methyl sites for hydroxylation is 2. The maximum Gasteiger partial charge on any atom is 0.0996 e. The van der Waals surface area contributed by atoms with Crippen molar-refractivity contribution in [2.45, 2.75) is 27.3 Å². The molecule has 0 amide bonds. The zero-order valence-electron chi connectivity index (χ0n) is 11.5. The summed E-state index contributed by atoms with van der Waals surface area (Å²) >= 11 is 0. The molecule has 0 radical (unpaired) electrons. The minimum absolute atomic E-state index is 0.660. The lowest BCUT2D eigenvalue weighted by Gasteiger charge is -2.04. The van der Waals surface area contributed by atoms with Crippen LogP contribution in [0.15, 0.2) is 18.7 Å². The molecule has 0 aromatic carbocycles. The number of hydrogen-bond acceptors (Lipinski definition) is 3. The van der Waals surface area contributed by atoms with Gasteiger partial charge >= 0.3 is 0 Å². The van der Waals surface area contributed by atoms with Crippen LogP contribution < -0.4 is 5.32 Å². The van der Waals surface area contributed by atoms with Crippen LogP contribution >= 0.6 is 0 Å². The number of rotatable bonds is 5. The molecular weight excluding hydrogens is 226 g/mol. The molecule has 2 aromatic rings. The maximum absolute atomic E-state index is 4.40. The molecule has 2 aromatic heterocycles. The van der Waals surface area contributed by atoms with E-state index in [1.54, 1.807) is 0 Å². The lowest BCUT2D eigenvalue weighted by atomic mass is 10.2. The molecule has 18 heavy (non-hydrogen) atoms. The quantitative estimate of drug-likeness (QED) is 0.874. The van der Waals surface area contributed by atoms with Gasteiger partial charge in [0, 0.05) is 26.0 Å². The number of aromatic nitrogens is 4. The maximum atomic E-state index is 4.40. The molecule has 0 fully saturated rings. The molecule has 0 saturated carbocycles. The Kier molecular flexibility index (Phi) is 3.81. The Balaban J connectivity index is 2.04. The van der Waals surface area contributed by atoms with Gasteiger partial charge in [0.05, 0.1) is 23.4 Å². The molecule has 0 aliphatic rings. The van der Waals surface area contributed by atoms with Crippen molar-refractivity contribution in [3.05, 3.63) is 30.1 Å². The summed E-state index contributed by atoms with van der Waals surface area (Å²) in [5, 5.41) is 7.72. The van der Waals surface area contributed by atoms with Gasteiger partial charge in [0.25, 0.3) is 0 Å². The highest BCUT2D eigenvalue weighted by atomic mass is 15.3. The standard InChI is InChI=1S/C13H21N5/c1-10(2)5-14-6-12-7-18(9-15-12)13-8-17(4)16-11(13)3/h7-10,14H,5-6H2,1-4H3. The zero-order chi connectivity index (χ0) is 13.1. The third kappa shape index (κ3) is 2.98. The van der Waals surface area contributed by atoms with Gasteiger partial charge in [-0.05, 0) is 19.4 Å². The van der Waals surface area contributed by atoms with E-state index in [9.17, 15) is 0 Å². The second kappa shape index (κ2) is 5.35. The summed E-state index contributed by atoms with van der Waals surface area (Å²) < 4.78 is 3.84. The third-order valence-corrected chi connectivity index (χ3v) is 2.76. The summed E-state index contributed by atoms with van der Waals surface area (Å²) in [5.41, 5.74) is 3.15. The van der Waals surface area contributed by atoms with Crippen LogP contribution in [0.1, 0.15) is 25.2 Å². The van der Waals surface area contributed by atoms with E-state index in [-0.39, 0.29) is 0 Å². The Morgan fingerprint density at radius 2 is 2.11 bits per heavy atom. The number of imidazole rings is 1. The van der Waals surface area contributed by atoms with Crippen LogP contribution in [0, 0.1) is 12.8 Å².